The van der Waals surface area contributed by atoms with Gasteiger partial charge in [0.2, 0.25) is 0 Å². The third kappa shape index (κ3) is 3.96. The molecule has 0 aliphatic rings. The minimum absolute atomic E-state index is 0.236. The number of hydrogen-bond donors (Lipinski definition) is 1. The molecule has 80 valence electrons. The number of aromatic nitrogens is 2. The summed E-state index contributed by atoms with van der Waals surface area (Å²) in [6, 6.07) is 0. The van der Waals surface area contributed by atoms with Gasteiger partial charge in [-0.2, -0.15) is 5.10 Å². The van der Waals surface area contributed by atoms with Crippen LogP contribution in [0.2, 0.25) is 0 Å². The van der Waals surface area contributed by atoms with Gasteiger partial charge in [0.1, 0.15) is 0 Å². The van der Waals surface area contributed by atoms with E-state index in [1.54, 1.807) is 0 Å². The third-order valence-electron chi connectivity index (χ3n) is 2.43. The Balaban J connectivity index is 2.28. The van der Waals surface area contributed by atoms with Crippen LogP contribution >= 0.6 is 22.6 Å². The Morgan fingerprint density at radius 2 is 2.29 bits per heavy atom. The molecule has 0 aliphatic carbocycles. The van der Waals surface area contributed by atoms with Gasteiger partial charge in [-0.05, 0) is 42.9 Å². The molecule has 0 amide bonds. The molecule has 3 nitrogen and oxygen atoms in total. The highest BCUT2D eigenvalue weighted by molar-refractivity contribution is 14.1. The van der Waals surface area contributed by atoms with Crippen LogP contribution in [0.15, 0.2) is 12.4 Å². The molecule has 1 rings (SSSR count). The number of hydrogen-bond acceptors (Lipinski definition) is 2. The van der Waals surface area contributed by atoms with E-state index in [4.69, 9.17) is 0 Å². The molecule has 0 bridgehead atoms. The van der Waals surface area contributed by atoms with E-state index in [0.717, 1.165) is 19.5 Å². The molecule has 0 saturated carbocycles. The number of nitrogens with one attached hydrogen (secondary N) is 1. The molecule has 1 heterocycles. The minimum atomic E-state index is 0.236. The quantitative estimate of drug-likeness (QED) is 0.846. The Morgan fingerprint density at radius 1 is 1.57 bits per heavy atom. The van der Waals surface area contributed by atoms with E-state index in [0.29, 0.717) is 0 Å². The Kier molecular flexibility index (Phi) is 4.37. The van der Waals surface area contributed by atoms with Crippen molar-refractivity contribution in [3.05, 3.63) is 16.0 Å². The highest BCUT2D eigenvalue weighted by atomic mass is 127. The molecule has 0 spiro atoms. The lowest BCUT2D eigenvalue weighted by atomic mass is 10.0. The monoisotopic (exact) mass is 307 g/mol. The molecule has 4 heteroatoms. The maximum atomic E-state index is 4.23. The second kappa shape index (κ2) is 5.11. The fraction of sp³-hybridized carbons (Fsp3) is 0.700. The van der Waals surface area contributed by atoms with E-state index in [1.165, 1.54) is 3.57 Å². The summed E-state index contributed by atoms with van der Waals surface area (Å²) in [6.07, 6.45) is 5.08. The Bertz CT molecular complexity index is 281. The molecule has 0 aliphatic heterocycles. The average molecular weight is 307 g/mol. The van der Waals surface area contributed by atoms with Gasteiger partial charge in [-0.25, -0.2) is 0 Å². The summed E-state index contributed by atoms with van der Waals surface area (Å²) < 4.78 is 3.16. The SMILES string of the molecule is CCC(C)(C)NCCn1cc(I)cn1. The van der Waals surface area contributed by atoms with Crippen LogP contribution in [-0.2, 0) is 6.54 Å². The Hall–Kier alpha value is -0.100. The van der Waals surface area contributed by atoms with Crippen LogP contribution in [0.1, 0.15) is 27.2 Å². The first-order valence-corrected chi connectivity index (χ1v) is 6.04. The second-order valence-electron chi connectivity index (χ2n) is 4.09. The normalized spacial score (nSPS) is 12.0. The summed E-state index contributed by atoms with van der Waals surface area (Å²) in [5, 5.41) is 7.73. The topological polar surface area (TPSA) is 29.9 Å². The zero-order valence-corrected chi connectivity index (χ0v) is 11.2. The van der Waals surface area contributed by atoms with Crippen molar-refractivity contribution in [3.63, 3.8) is 0 Å². The maximum Gasteiger partial charge on any atom is 0.0623 e. The van der Waals surface area contributed by atoms with E-state index in [9.17, 15) is 0 Å². The van der Waals surface area contributed by atoms with Gasteiger partial charge in [0.05, 0.1) is 16.3 Å². The van der Waals surface area contributed by atoms with Gasteiger partial charge in [0, 0.05) is 18.3 Å². The van der Waals surface area contributed by atoms with Crippen molar-refractivity contribution < 1.29 is 0 Å². The van der Waals surface area contributed by atoms with Crippen molar-refractivity contribution >= 4 is 22.6 Å². The van der Waals surface area contributed by atoms with Gasteiger partial charge in [-0.15, -0.1) is 0 Å². The molecule has 1 aromatic heterocycles. The molecule has 0 atom stereocenters. The van der Waals surface area contributed by atoms with Crippen molar-refractivity contribution in [1.29, 1.82) is 0 Å². The molecule has 0 fully saturated rings. The predicted octanol–water partition coefficient (Wildman–Crippen LogP) is 2.27. The fourth-order valence-electron chi connectivity index (χ4n) is 1.09. The number of rotatable bonds is 5. The number of halogens is 1. The molecule has 0 radical (unpaired) electrons. The molecule has 0 unspecified atom stereocenters. The molecule has 1 aromatic rings. The highest BCUT2D eigenvalue weighted by Crippen LogP contribution is 2.06. The molecule has 1 N–H and O–H groups in total. The summed E-state index contributed by atoms with van der Waals surface area (Å²) in [5.74, 6) is 0. The van der Waals surface area contributed by atoms with Crippen molar-refractivity contribution in [3.8, 4) is 0 Å². The first-order valence-electron chi connectivity index (χ1n) is 4.96. The van der Waals surface area contributed by atoms with Crippen LogP contribution in [-0.4, -0.2) is 21.9 Å². The lowest BCUT2D eigenvalue weighted by Crippen LogP contribution is -2.40. The van der Waals surface area contributed by atoms with Gasteiger partial charge >= 0.3 is 0 Å². The summed E-state index contributed by atoms with van der Waals surface area (Å²) >= 11 is 2.27. The molecule has 0 saturated heterocycles. The summed E-state index contributed by atoms with van der Waals surface area (Å²) in [7, 11) is 0. The summed E-state index contributed by atoms with van der Waals surface area (Å²) in [6.45, 7) is 8.55. The van der Waals surface area contributed by atoms with Crippen molar-refractivity contribution in [2.24, 2.45) is 0 Å². The maximum absolute atomic E-state index is 4.23. The van der Waals surface area contributed by atoms with Crippen LogP contribution < -0.4 is 5.32 Å². The molecule has 14 heavy (non-hydrogen) atoms. The third-order valence-corrected chi connectivity index (χ3v) is 2.99. The summed E-state index contributed by atoms with van der Waals surface area (Å²) in [5.41, 5.74) is 0.236. The zero-order chi connectivity index (χ0) is 10.6. The standard InChI is InChI=1S/C10H18IN3/c1-4-10(2,3)12-5-6-14-8-9(11)7-13-14/h7-8,12H,4-6H2,1-3H3. The van der Waals surface area contributed by atoms with Crippen LogP contribution in [0, 0.1) is 3.57 Å². The molecular weight excluding hydrogens is 289 g/mol. The fourth-order valence-corrected chi connectivity index (χ4v) is 1.54. The van der Waals surface area contributed by atoms with E-state index in [-0.39, 0.29) is 5.54 Å². The smallest absolute Gasteiger partial charge is 0.0623 e. The minimum Gasteiger partial charge on any atom is -0.310 e. The predicted molar refractivity (Wildman–Crippen MR) is 67.3 cm³/mol. The van der Waals surface area contributed by atoms with Crippen LogP contribution in [0.5, 0.6) is 0 Å². The van der Waals surface area contributed by atoms with Crippen LogP contribution in [0.3, 0.4) is 0 Å². The largest absolute Gasteiger partial charge is 0.310 e. The zero-order valence-electron chi connectivity index (χ0n) is 9.05. The van der Waals surface area contributed by atoms with Gasteiger partial charge in [0.15, 0.2) is 0 Å². The van der Waals surface area contributed by atoms with Gasteiger partial charge in [-0.3, -0.25) is 4.68 Å². The summed E-state index contributed by atoms with van der Waals surface area (Å²) in [4.78, 5) is 0. The molecule has 0 aromatic carbocycles. The van der Waals surface area contributed by atoms with Crippen LogP contribution in [0.4, 0.5) is 0 Å². The van der Waals surface area contributed by atoms with E-state index in [1.807, 2.05) is 10.9 Å². The van der Waals surface area contributed by atoms with Crippen molar-refractivity contribution in [2.45, 2.75) is 39.3 Å². The Labute approximate surface area is 99.4 Å². The lowest BCUT2D eigenvalue weighted by molar-refractivity contribution is 0.363. The molecular formula is C10H18IN3. The first-order chi connectivity index (χ1) is 6.53. The van der Waals surface area contributed by atoms with Crippen molar-refractivity contribution in [2.75, 3.05) is 6.54 Å². The first kappa shape index (κ1) is 12.0. The van der Waals surface area contributed by atoms with Gasteiger partial charge in [0.25, 0.3) is 0 Å². The van der Waals surface area contributed by atoms with Gasteiger partial charge < -0.3 is 5.32 Å². The van der Waals surface area contributed by atoms with Crippen molar-refractivity contribution in [1.82, 2.24) is 15.1 Å². The lowest BCUT2D eigenvalue weighted by Gasteiger charge is -2.24. The van der Waals surface area contributed by atoms with Crippen LogP contribution in [0.25, 0.3) is 0 Å². The van der Waals surface area contributed by atoms with Gasteiger partial charge in [-0.1, -0.05) is 6.92 Å². The number of nitrogens with zero attached hydrogens (tertiary/aromatic N) is 2. The second-order valence-corrected chi connectivity index (χ2v) is 5.33. The Morgan fingerprint density at radius 3 is 2.79 bits per heavy atom. The average Bonchev–Trinajstić information content (AvgIpc) is 2.51. The van der Waals surface area contributed by atoms with E-state index < -0.39 is 0 Å². The van der Waals surface area contributed by atoms with E-state index >= 15 is 0 Å². The highest BCUT2D eigenvalue weighted by Gasteiger charge is 2.12. The van der Waals surface area contributed by atoms with E-state index in [2.05, 4.69) is 60.0 Å².